The zero-order chi connectivity index (χ0) is 15.5. The van der Waals surface area contributed by atoms with Gasteiger partial charge in [-0.15, -0.1) is 0 Å². The van der Waals surface area contributed by atoms with Crippen LogP contribution in [0.25, 0.3) is 0 Å². The van der Waals surface area contributed by atoms with Crippen LogP contribution in [-0.2, 0) is 0 Å². The highest BCUT2D eigenvalue weighted by molar-refractivity contribution is 6.33. The van der Waals surface area contributed by atoms with Crippen LogP contribution in [0.5, 0.6) is 0 Å². The summed E-state index contributed by atoms with van der Waals surface area (Å²) in [7, 11) is 0. The molecule has 22 heavy (non-hydrogen) atoms. The molecule has 1 saturated carbocycles. The number of nitrogens with one attached hydrogen (secondary N) is 1. The molecule has 0 radical (unpaired) electrons. The topological polar surface area (TPSA) is 45.2 Å². The van der Waals surface area contributed by atoms with Gasteiger partial charge in [0.1, 0.15) is 0 Å². The van der Waals surface area contributed by atoms with Crippen LogP contribution in [0.2, 0.25) is 5.02 Å². The Morgan fingerprint density at radius 1 is 1.32 bits per heavy atom. The van der Waals surface area contributed by atoms with Gasteiger partial charge < -0.3 is 10.2 Å². The second kappa shape index (κ2) is 6.36. The Bertz CT molecular complexity index is 658. The molecule has 1 fully saturated rings. The van der Waals surface area contributed by atoms with Gasteiger partial charge in [-0.25, -0.2) is 4.79 Å². The van der Waals surface area contributed by atoms with E-state index in [0.29, 0.717) is 10.7 Å². The molecule has 0 bridgehead atoms. The van der Waals surface area contributed by atoms with Gasteiger partial charge in [0.15, 0.2) is 0 Å². The van der Waals surface area contributed by atoms with Crippen molar-refractivity contribution in [3.63, 3.8) is 0 Å². The van der Waals surface area contributed by atoms with E-state index in [1.54, 1.807) is 18.3 Å². The summed E-state index contributed by atoms with van der Waals surface area (Å²) in [4.78, 5) is 18.7. The van der Waals surface area contributed by atoms with Crippen molar-refractivity contribution >= 4 is 23.3 Å². The number of hydrogen-bond acceptors (Lipinski definition) is 2. The first-order valence-electron chi connectivity index (χ1n) is 7.40. The van der Waals surface area contributed by atoms with Gasteiger partial charge in [-0.2, -0.15) is 0 Å². The second-order valence-corrected chi connectivity index (χ2v) is 5.92. The first kappa shape index (κ1) is 14.9. The average molecular weight is 316 g/mol. The van der Waals surface area contributed by atoms with Crippen molar-refractivity contribution < 1.29 is 4.79 Å². The van der Waals surface area contributed by atoms with E-state index in [0.717, 1.165) is 18.4 Å². The van der Waals surface area contributed by atoms with E-state index >= 15 is 0 Å². The van der Waals surface area contributed by atoms with Crippen LogP contribution in [-0.4, -0.2) is 22.0 Å². The minimum atomic E-state index is -0.119. The van der Waals surface area contributed by atoms with Gasteiger partial charge in [-0.05, 0) is 43.5 Å². The lowest BCUT2D eigenvalue weighted by Crippen LogP contribution is -2.38. The van der Waals surface area contributed by atoms with Crippen LogP contribution in [0.4, 0.5) is 10.5 Å². The Balaban J connectivity index is 1.79. The van der Waals surface area contributed by atoms with E-state index in [-0.39, 0.29) is 18.1 Å². The molecule has 5 heteroatoms. The number of para-hydroxylation sites is 1. The number of anilines is 1. The van der Waals surface area contributed by atoms with E-state index in [1.807, 2.05) is 42.3 Å². The van der Waals surface area contributed by atoms with Crippen LogP contribution in [0.3, 0.4) is 0 Å². The number of pyridine rings is 1. The number of carbonyl (C=O) groups is 1. The Morgan fingerprint density at radius 2 is 2.09 bits per heavy atom. The van der Waals surface area contributed by atoms with Crippen molar-refractivity contribution in [2.24, 2.45) is 0 Å². The van der Waals surface area contributed by atoms with Crippen molar-refractivity contribution in [3.05, 3.63) is 59.4 Å². The normalized spacial score (nSPS) is 15.2. The fourth-order valence-electron chi connectivity index (χ4n) is 2.54. The van der Waals surface area contributed by atoms with Gasteiger partial charge in [-0.1, -0.05) is 29.8 Å². The summed E-state index contributed by atoms with van der Waals surface area (Å²) in [5, 5.41) is 3.46. The largest absolute Gasteiger partial charge is 0.322 e. The molecule has 2 aromatic rings. The smallest absolute Gasteiger partial charge is 0.315 e. The lowest BCUT2D eigenvalue weighted by Gasteiger charge is -2.29. The molecule has 1 aromatic carbocycles. The molecule has 1 aliphatic rings. The Hall–Kier alpha value is -2.07. The van der Waals surface area contributed by atoms with Crippen LogP contribution in [0, 0.1) is 0 Å². The number of halogens is 1. The number of benzene rings is 1. The minimum Gasteiger partial charge on any atom is -0.315 e. The molecule has 0 spiro atoms. The van der Waals surface area contributed by atoms with Crippen molar-refractivity contribution in [1.29, 1.82) is 0 Å². The molecular formula is C17H18ClN3O. The third-order valence-corrected chi connectivity index (χ3v) is 4.20. The summed E-state index contributed by atoms with van der Waals surface area (Å²) in [6, 6.07) is 11.3. The molecule has 1 aromatic heterocycles. The number of urea groups is 1. The minimum absolute atomic E-state index is 0.0244. The highest BCUT2D eigenvalue weighted by atomic mass is 35.5. The van der Waals surface area contributed by atoms with Gasteiger partial charge in [0.05, 0.1) is 16.8 Å². The van der Waals surface area contributed by atoms with E-state index in [4.69, 9.17) is 11.6 Å². The summed E-state index contributed by atoms with van der Waals surface area (Å²) in [6.07, 6.45) is 5.63. The number of aromatic nitrogens is 1. The fourth-order valence-corrected chi connectivity index (χ4v) is 2.72. The molecule has 2 amide bonds. The highest BCUT2D eigenvalue weighted by Crippen LogP contribution is 2.35. The Labute approximate surface area is 135 Å². The molecule has 4 nitrogen and oxygen atoms in total. The maximum Gasteiger partial charge on any atom is 0.322 e. The predicted octanol–water partition coefficient (Wildman–Crippen LogP) is 4.49. The summed E-state index contributed by atoms with van der Waals surface area (Å²) in [5.41, 5.74) is 1.67. The number of hydrogen-bond donors (Lipinski definition) is 1. The van der Waals surface area contributed by atoms with Crippen LogP contribution in [0.15, 0.2) is 48.8 Å². The van der Waals surface area contributed by atoms with Crippen LogP contribution in [0.1, 0.15) is 31.4 Å². The maximum absolute atomic E-state index is 12.7. The SMILES string of the molecule is C[C@H](c1cccnc1)N(C(=O)Nc1ccccc1Cl)C1CC1. The quantitative estimate of drug-likeness (QED) is 0.903. The maximum atomic E-state index is 12.7. The van der Waals surface area contributed by atoms with Gasteiger partial charge in [0.2, 0.25) is 0 Å². The van der Waals surface area contributed by atoms with Gasteiger partial charge in [0.25, 0.3) is 0 Å². The molecule has 3 rings (SSSR count). The molecule has 0 unspecified atom stereocenters. The highest BCUT2D eigenvalue weighted by Gasteiger charge is 2.36. The van der Waals surface area contributed by atoms with Crippen molar-refractivity contribution in [2.75, 3.05) is 5.32 Å². The summed E-state index contributed by atoms with van der Waals surface area (Å²) < 4.78 is 0. The lowest BCUT2D eigenvalue weighted by molar-refractivity contribution is 0.189. The third-order valence-electron chi connectivity index (χ3n) is 3.87. The van der Waals surface area contributed by atoms with Crippen molar-refractivity contribution in [3.8, 4) is 0 Å². The van der Waals surface area contributed by atoms with E-state index < -0.39 is 0 Å². The van der Waals surface area contributed by atoms with Crippen LogP contribution >= 0.6 is 11.6 Å². The molecule has 0 saturated heterocycles. The molecule has 0 aliphatic heterocycles. The summed E-state index contributed by atoms with van der Waals surface area (Å²) in [6.45, 7) is 2.03. The molecule has 1 aliphatic carbocycles. The molecule has 114 valence electrons. The first-order chi connectivity index (χ1) is 10.7. The van der Waals surface area contributed by atoms with Gasteiger partial charge in [-0.3, -0.25) is 4.98 Å². The standard InChI is InChI=1S/C17H18ClN3O/c1-12(13-5-4-10-19-11-13)21(14-8-9-14)17(22)20-16-7-3-2-6-15(16)18/h2-7,10-12,14H,8-9H2,1H3,(H,20,22)/t12-/m1/s1. The van der Waals surface area contributed by atoms with Crippen molar-refractivity contribution in [1.82, 2.24) is 9.88 Å². The van der Waals surface area contributed by atoms with E-state index in [2.05, 4.69) is 10.3 Å². The molecule has 1 N–H and O–H groups in total. The van der Waals surface area contributed by atoms with Gasteiger partial charge in [0, 0.05) is 18.4 Å². The number of nitrogens with zero attached hydrogens (tertiary/aromatic N) is 2. The number of rotatable bonds is 4. The lowest BCUT2D eigenvalue weighted by atomic mass is 10.1. The van der Waals surface area contributed by atoms with Crippen molar-refractivity contribution in [2.45, 2.75) is 31.8 Å². The van der Waals surface area contributed by atoms with Crippen LogP contribution < -0.4 is 5.32 Å². The zero-order valence-electron chi connectivity index (χ0n) is 12.4. The molecule has 1 atom stereocenters. The Kier molecular flexibility index (Phi) is 4.29. The fraction of sp³-hybridized carbons (Fsp3) is 0.294. The Morgan fingerprint density at radius 3 is 2.73 bits per heavy atom. The zero-order valence-corrected chi connectivity index (χ0v) is 13.1. The monoisotopic (exact) mass is 315 g/mol. The molecule has 1 heterocycles. The van der Waals surface area contributed by atoms with Gasteiger partial charge >= 0.3 is 6.03 Å². The summed E-state index contributed by atoms with van der Waals surface area (Å²) >= 11 is 6.12. The predicted molar refractivity (Wildman–Crippen MR) is 88.0 cm³/mol. The number of carbonyl (C=O) groups excluding carboxylic acids is 1. The first-order valence-corrected chi connectivity index (χ1v) is 7.78. The van der Waals surface area contributed by atoms with E-state index in [9.17, 15) is 4.79 Å². The second-order valence-electron chi connectivity index (χ2n) is 5.51. The summed E-state index contributed by atoms with van der Waals surface area (Å²) in [5.74, 6) is 0. The van der Waals surface area contributed by atoms with E-state index in [1.165, 1.54) is 0 Å². The molecular weight excluding hydrogens is 298 g/mol. The average Bonchev–Trinajstić information content (AvgIpc) is 3.35. The third kappa shape index (κ3) is 3.22. The number of amides is 2.